The lowest BCUT2D eigenvalue weighted by atomic mass is 10.1. The summed E-state index contributed by atoms with van der Waals surface area (Å²) in [6.07, 6.45) is 0. The lowest BCUT2D eigenvalue weighted by Gasteiger charge is -2.18. The molecule has 0 unspecified atom stereocenters. The van der Waals surface area contributed by atoms with Gasteiger partial charge in [0.15, 0.2) is 11.5 Å². The summed E-state index contributed by atoms with van der Waals surface area (Å²) in [5.74, 6) is 1.13. The number of rotatable bonds is 5. The molecule has 118 valence electrons. The maximum atomic E-state index is 12.5. The highest BCUT2D eigenvalue weighted by atomic mass is 16.5. The van der Waals surface area contributed by atoms with Crippen molar-refractivity contribution in [2.24, 2.45) is 0 Å². The number of methoxy groups -OCH3 is 2. The number of nitrogens with zero attached hydrogens (tertiary/aromatic N) is 2. The van der Waals surface area contributed by atoms with Gasteiger partial charge in [-0.05, 0) is 35.9 Å². The number of ether oxygens (including phenoxy) is 2. The van der Waals surface area contributed by atoms with E-state index in [2.05, 4.69) is 0 Å². The van der Waals surface area contributed by atoms with E-state index in [1.54, 1.807) is 50.4 Å². The van der Waals surface area contributed by atoms with Gasteiger partial charge in [0, 0.05) is 19.2 Å². The predicted octanol–water partition coefficient (Wildman–Crippen LogP) is 2.85. The monoisotopic (exact) mass is 310 g/mol. The van der Waals surface area contributed by atoms with Crippen LogP contribution < -0.4 is 9.47 Å². The fourth-order valence-corrected chi connectivity index (χ4v) is 2.27. The molecule has 23 heavy (non-hydrogen) atoms. The van der Waals surface area contributed by atoms with Crippen molar-refractivity contribution >= 4 is 5.91 Å². The van der Waals surface area contributed by atoms with Gasteiger partial charge in [-0.3, -0.25) is 4.79 Å². The predicted molar refractivity (Wildman–Crippen MR) is 86.5 cm³/mol. The first-order valence-electron chi connectivity index (χ1n) is 7.05. The summed E-state index contributed by atoms with van der Waals surface area (Å²) in [7, 11) is 4.87. The van der Waals surface area contributed by atoms with Crippen LogP contribution in [0.25, 0.3) is 0 Å². The van der Waals surface area contributed by atoms with Crippen molar-refractivity contribution in [1.82, 2.24) is 4.90 Å². The molecule has 0 saturated carbocycles. The molecule has 0 saturated heterocycles. The van der Waals surface area contributed by atoms with E-state index in [1.165, 1.54) is 0 Å². The van der Waals surface area contributed by atoms with Crippen LogP contribution in [0.15, 0.2) is 42.5 Å². The van der Waals surface area contributed by atoms with Crippen LogP contribution >= 0.6 is 0 Å². The maximum absolute atomic E-state index is 12.5. The van der Waals surface area contributed by atoms with Crippen LogP contribution in [0.1, 0.15) is 21.5 Å². The molecule has 0 aliphatic carbocycles. The van der Waals surface area contributed by atoms with Gasteiger partial charge in [0.1, 0.15) is 0 Å². The Morgan fingerprint density at radius 3 is 2.52 bits per heavy atom. The average Bonchev–Trinajstić information content (AvgIpc) is 2.60. The molecule has 0 aliphatic heterocycles. The summed E-state index contributed by atoms with van der Waals surface area (Å²) < 4.78 is 10.5. The Morgan fingerprint density at radius 1 is 1.13 bits per heavy atom. The van der Waals surface area contributed by atoms with E-state index in [0.717, 1.165) is 5.56 Å². The molecule has 1 amide bonds. The van der Waals surface area contributed by atoms with Gasteiger partial charge < -0.3 is 14.4 Å². The zero-order valence-corrected chi connectivity index (χ0v) is 13.4. The summed E-state index contributed by atoms with van der Waals surface area (Å²) in [6, 6.07) is 14.2. The lowest BCUT2D eigenvalue weighted by molar-refractivity contribution is 0.0785. The Kier molecular flexibility index (Phi) is 5.21. The van der Waals surface area contributed by atoms with Crippen LogP contribution in [0.5, 0.6) is 11.5 Å². The SMILES string of the molecule is COc1ccc(CN(C)C(=O)c2cccc(C#N)c2)cc1OC. The Hall–Kier alpha value is -3.00. The van der Waals surface area contributed by atoms with Gasteiger partial charge in [0.05, 0.1) is 25.9 Å². The third kappa shape index (κ3) is 3.80. The van der Waals surface area contributed by atoms with E-state index in [0.29, 0.717) is 29.2 Å². The van der Waals surface area contributed by atoms with Gasteiger partial charge in [-0.15, -0.1) is 0 Å². The van der Waals surface area contributed by atoms with Gasteiger partial charge in [0.2, 0.25) is 0 Å². The van der Waals surface area contributed by atoms with Crippen LogP contribution in [-0.4, -0.2) is 32.1 Å². The number of benzene rings is 2. The highest BCUT2D eigenvalue weighted by Gasteiger charge is 2.14. The molecular weight excluding hydrogens is 292 g/mol. The van der Waals surface area contributed by atoms with E-state index >= 15 is 0 Å². The van der Waals surface area contributed by atoms with Crippen molar-refractivity contribution in [3.8, 4) is 17.6 Å². The van der Waals surface area contributed by atoms with Crippen LogP contribution in [-0.2, 0) is 6.54 Å². The highest BCUT2D eigenvalue weighted by molar-refractivity contribution is 5.94. The minimum atomic E-state index is -0.142. The van der Waals surface area contributed by atoms with Gasteiger partial charge in [-0.1, -0.05) is 12.1 Å². The second-order valence-corrected chi connectivity index (χ2v) is 5.04. The molecule has 5 heteroatoms. The van der Waals surface area contributed by atoms with Crippen LogP contribution in [0.4, 0.5) is 0 Å². The van der Waals surface area contributed by atoms with E-state index in [1.807, 2.05) is 24.3 Å². The summed E-state index contributed by atoms with van der Waals surface area (Å²) in [5.41, 5.74) is 1.89. The van der Waals surface area contributed by atoms with Crippen molar-refractivity contribution in [2.75, 3.05) is 21.3 Å². The molecule has 0 atom stereocenters. The molecular formula is C18H18N2O3. The third-order valence-electron chi connectivity index (χ3n) is 3.45. The average molecular weight is 310 g/mol. The second-order valence-electron chi connectivity index (χ2n) is 5.04. The smallest absolute Gasteiger partial charge is 0.253 e. The molecule has 0 aromatic heterocycles. The fraction of sp³-hybridized carbons (Fsp3) is 0.222. The molecule has 0 radical (unpaired) electrons. The van der Waals surface area contributed by atoms with Crippen molar-refractivity contribution in [2.45, 2.75) is 6.54 Å². The van der Waals surface area contributed by atoms with Gasteiger partial charge >= 0.3 is 0 Å². The Labute approximate surface area is 135 Å². The standard InChI is InChI=1S/C18H18N2O3/c1-20(18(21)15-6-4-5-13(9-15)11-19)12-14-7-8-16(22-2)17(10-14)23-3/h4-10H,12H2,1-3H3. The molecule has 0 bridgehead atoms. The number of carbonyl (C=O) groups excluding carboxylic acids is 1. The highest BCUT2D eigenvalue weighted by Crippen LogP contribution is 2.28. The quantitative estimate of drug-likeness (QED) is 0.852. The topological polar surface area (TPSA) is 62.6 Å². The zero-order valence-electron chi connectivity index (χ0n) is 13.4. The van der Waals surface area contributed by atoms with Crippen LogP contribution in [0.2, 0.25) is 0 Å². The molecule has 2 aromatic carbocycles. The number of hydrogen-bond acceptors (Lipinski definition) is 4. The maximum Gasteiger partial charge on any atom is 0.253 e. The molecule has 5 nitrogen and oxygen atoms in total. The summed E-state index contributed by atoms with van der Waals surface area (Å²) in [5, 5.41) is 8.92. The Balaban J connectivity index is 2.16. The number of amides is 1. The largest absolute Gasteiger partial charge is 0.493 e. The first-order chi connectivity index (χ1) is 11.1. The van der Waals surface area contributed by atoms with Crippen LogP contribution in [0, 0.1) is 11.3 Å². The Morgan fingerprint density at radius 2 is 1.87 bits per heavy atom. The van der Waals surface area contributed by atoms with Crippen molar-refractivity contribution in [3.63, 3.8) is 0 Å². The number of hydrogen-bond donors (Lipinski definition) is 0. The minimum Gasteiger partial charge on any atom is -0.493 e. The van der Waals surface area contributed by atoms with Crippen molar-refractivity contribution < 1.29 is 14.3 Å². The molecule has 2 rings (SSSR count). The van der Waals surface area contributed by atoms with E-state index in [4.69, 9.17) is 14.7 Å². The molecule has 0 N–H and O–H groups in total. The minimum absolute atomic E-state index is 0.142. The summed E-state index contributed by atoms with van der Waals surface area (Å²) in [4.78, 5) is 14.1. The zero-order chi connectivity index (χ0) is 16.8. The molecule has 0 heterocycles. The van der Waals surface area contributed by atoms with Crippen LogP contribution in [0.3, 0.4) is 0 Å². The van der Waals surface area contributed by atoms with Gasteiger partial charge in [-0.2, -0.15) is 5.26 Å². The molecule has 0 spiro atoms. The second kappa shape index (κ2) is 7.32. The Bertz CT molecular complexity index is 750. The van der Waals surface area contributed by atoms with E-state index in [-0.39, 0.29) is 5.91 Å². The molecule has 0 aliphatic rings. The first kappa shape index (κ1) is 16.4. The fourth-order valence-electron chi connectivity index (χ4n) is 2.27. The van der Waals surface area contributed by atoms with Gasteiger partial charge in [0.25, 0.3) is 5.91 Å². The number of nitriles is 1. The summed E-state index contributed by atoms with van der Waals surface area (Å²) in [6.45, 7) is 0.427. The van der Waals surface area contributed by atoms with Crippen molar-refractivity contribution in [3.05, 3.63) is 59.2 Å². The van der Waals surface area contributed by atoms with E-state index in [9.17, 15) is 4.79 Å². The third-order valence-corrected chi connectivity index (χ3v) is 3.45. The summed E-state index contributed by atoms with van der Waals surface area (Å²) >= 11 is 0. The normalized spacial score (nSPS) is 9.83. The van der Waals surface area contributed by atoms with Crippen molar-refractivity contribution in [1.29, 1.82) is 5.26 Å². The van der Waals surface area contributed by atoms with Gasteiger partial charge in [-0.25, -0.2) is 0 Å². The first-order valence-corrected chi connectivity index (χ1v) is 7.05. The lowest BCUT2D eigenvalue weighted by Crippen LogP contribution is -2.26. The van der Waals surface area contributed by atoms with E-state index < -0.39 is 0 Å². The number of carbonyl (C=O) groups is 1. The molecule has 0 fully saturated rings. The molecule has 2 aromatic rings.